The summed E-state index contributed by atoms with van der Waals surface area (Å²) in [4.78, 5) is -0.335. The lowest BCUT2D eigenvalue weighted by molar-refractivity contribution is 0.101. The molecule has 146 valence electrons. The number of sulfone groups is 1. The van der Waals surface area contributed by atoms with Crippen LogP contribution in [0.2, 0.25) is 0 Å². The molecule has 0 N–H and O–H groups in total. The van der Waals surface area contributed by atoms with E-state index in [2.05, 4.69) is 0 Å². The number of hydrogen-bond acceptors (Lipinski definition) is 8. The standard InChI is InChI=1S/C16H16O8S3/c17-25(18)11-15(23-26(19,20)13-7-3-1-4-8-13)16(12-25)24-27(21,22)14-9-5-2-6-10-14/h1-10,15-16H,11-12H2. The van der Waals surface area contributed by atoms with Gasteiger partial charge >= 0.3 is 0 Å². The van der Waals surface area contributed by atoms with Gasteiger partial charge in [0.25, 0.3) is 20.2 Å². The molecular formula is C16H16O8S3. The largest absolute Gasteiger partial charge is 0.297 e. The molecule has 0 spiro atoms. The van der Waals surface area contributed by atoms with Gasteiger partial charge in [0.1, 0.15) is 12.2 Å². The lowest BCUT2D eigenvalue weighted by Crippen LogP contribution is -2.34. The summed E-state index contributed by atoms with van der Waals surface area (Å²) in [5.74, 6) is -1.32. The van der Waals surface area contributed by atoms with Gasteiger partial charge in [0, 0.05) is 0 Å². The summed E-state index contributed by atoms with van der Waals surface area (Å²) in [5, 5.41) is 0. The summed E-state index contributed by atoms with van der Waals surface area (Å²) in [5.41, 5.74) is 0. The van der Waals surface area contributed by atoms with Crippen molar-refractivity contribution in [2.24, 2.45) is 0 Å². The zero-order valence-electron chi connectivity index (χ0n) is 13.8. The molecular weight excluding hydrogens is 416 g/mol. The number of benzene rings is 2. The highest BCUT2D eigenvalue weighted by Gasteiger charge is 2.44. The molecule has 0 saturated carbocycles. The van der Waals surface area contributed by atoms with Crippen LogP contribution < -0.4 is 0 Å². The SMILES string of the molecule is O=S1(=O)CC(OS(=O)(=O)c2ccccc2)C(OS(=O)(=O)c2ccccc2)C1. The second-order valence-electron chi connectivity index (χ2n) is 5.88. The van der Waals surface area contributed by atoms with Crippen molar-refractivity contribution in [1.29, 1.82) is 0 Å². The van der Waals surface area contributed by atoms with Crippen LogP contribution in [0.4, 0.5) is 0 Å². The monoisotopic (exact) mass is 432 g/mol. The van der Waals surface area contributed by atoms with Crippen LogP contribution in [0.15, 0.2) is 70.5 Å². The summed E-state index contributed by atoms with van der Waals surface area (Å²) in [6.07, 6.45) is -2.95. The Morgan fingerprint density at radius 2 is 1.00 bits per heavy atom. The molecule has 1 saturated heterocycles. The zero-order valence-corrected chi connectivity index (χ0v) is 16.3. The fourth-order valence-electron chi connectivity index (χ4n) is 2.57. The van der Waals surface area contributed by atoms with Crippen LogP contribution in [0.5, 0.6) is 0 Å². The molecule has 2 atom stereocenters. The second kappa shape index (κ2) is 7.32. The fraction of sp³-hybridized carbons (Fsp3) is 0.250. The minimum Gasteiger partial charge on any atom is -0.259 e. The zero-order chi connectivity index (χ0) is 19.7. The van der Waals surface area contributed by atoms with Crippen LogP contribution in [0, 0.1) is 0 Å². The number of rotatable bonds is 6. The van der Waals surface area contributed by atoms with Crippen LogP contribution in [0.1, 0.15) is 0 Å². The van der Waals surface area contributed by atoms with Gasteiger partial charge in [-0.15, -0.1) is 0 Å². The minimum atomic E-state index is -4.29. The first-order valence-corrected chi connectivity index (χ1v) is 12.4. The molecule has 11 heteroatoms. The van der Waals surface area contributed by atoms with E-state index in [-0.39, 0.29) is 9.79 Å². The van der Waals surface area contributed by atoms with Crippen LogP contribution in [-0.2, 0) is 38.4 Å². The fourth-order valence-corrected chi connectivity index (χ4v) is 6.69. The highest BCUT2D eigenvalue weighted by atomic mass is 32.2. The maximum absolute atomic E-state index is 12.4. The van der Waals surface area contributed by atoms with Crippen molar-refractivity contribution in [3.63, 3.8) is 0 Å². The van der Waals surface area contributed by atoms with Gasteiger partial charge in [-0.1, -0.05) is 36.4 Å². The first kappa shape index (κ1) is 20.0. The third kappa shape index (κ3) is 4.74. The minimum absolute atomic E-state index is 0.168. The highest BCUT2D eigenvalue weighted by Crippen LogP contribution is 2.26. The lowest BCUT2D eigenvalue weighted by Gasteiger charge is -2.18. The van der Waals surface area contributed by atoms with Crippen molar-refractivity contribution in [1.82, 2.24) is 0 Å². The molecule has 0 bridgehead atoms. The average molecular weight is 432 g/mol. The van der Waals surface area contributed by atoms with Crippen molar-refractivity contribution in [3.05, 3.63) is 60.7 Å². The van der Waals surface area contributed by atoms with E-state index in [0.717, 1.165) is 0 Å². The Hall–Kier alpha value is -1.79. The molecule has 0 aliphatic carbocycles. The quantitative estimate of drug-likeness (QED) is 0.619. The van der Waals surface area contributed by atoms with Crippen molar-refractivity contribution in [3.8, 4) is 0 Å². The van der Waals surface area contributed by atoms with E-state index in [1.165, 1.54) is 48.5 Å². The van der Waals surface area contributed by atoms with E-state index in [4.69, 9.17) is 8.37 Å². The topological polar surface area (TPSA) is 121 Å². The molecule has 1 fully saturated rings. The summed E-state index contributed by atoms with van der Waals surface area (Å²) in [6.45, 7) is 0. The van der Waals surface area contributed by atoms with Gasteiger partial charge in [-0.25, -0.2) is 8.42 Å². The predicted molar refractivity (Wildman–Crippen MR) is 95.7 cm³/mol. The van der Waals surface area contributed by atoms with Gasteiger partial charge in [0.2, 0.25) is 0 Å². The maximum Gasteiger partial charge on any atom is 0.297 e. The molecule has 27 heavy (non-hydrogen) atoms. The molecule has 0 radical (unpaired) electrons. The Kier molecular flexibility index (Phi) is 5.41. The van der Waals surface area contributed by atoms with Crippen LogP contribution in [0.3, 0.4) is 0 Å². The lowest BCUT2D eigenvalue weighted by atomic mass is 10.3. The Labute approximate surface area is 157 Å². The Bertz CT molecular complexity index is 1020. The Balaban J connectivity index is 1.86. The van der Waals surface area contributed by atoms with Gasteiger partial charge in [0.05, 0.1) is 21.3 Å². The van der Waals surface area contributed by atoms with E-state index in [1.807, 2.05) is 0 Å². The van der Waals surface area contributed by atoms with Crippen molar-refractivity contribution >= 4 is 30.1 Å². The maximum atomic E-state index is 12.4. The van der Waals surface area contributed by atoms with Gasteiger partial charge in [-0.05, 0) is 24.3 Å². The summed E-state index contributed by atoms with van der Waals surface area (Å²) < 4.78 is 83.4. The van der Waals surface area contributed by atoms with Crippen LogP contribution in [-0.4, -0.2) is 49.0 Å². The molecule has 2 aromatic carbocycles. The molecule has 0 amide bonds. The Morgan fingerprint density at radius 1 is 0.667 bits per heavy atom. The van der Waals surface area contributed by atoms with Crippen LogP contribution in [0.25, 0.3) is 0 Å². The predicted octanol–water partition coefficient (Wildman–Crippen LogP) is 0.963. The molecule has 3 rings (SSSR count). The Morgan fingerprint density at radius 3 is 1.33 bits per heavy atom. The van der Waals surface area contributed by atoms with Crippen molar-refractivity contribution < 1.29 is 33.6 Å². The molecule has 2 unspecified atom stereocenters. The van der Waals surface area contributed by atoms with E-state index >= 15 is 0 Å². The normalized spacial score (nSPS) is 22.5. The summed E-state index contributed by atoms with van der Waals surface area (Å²) >= 11 is 0. The summed E-state index contributed by atoms with van der Waals surface area (Å²) in [7, 11) is -12.3. The summed E-state index contributed by atoms with van der Waals surface area (Å²) in [6, 6.07) is 14.3. The molecule has 2 aromatic rings. The van der Waals surface area contributed by atoms with E-state index in [0.29, 0.717) is 0 Å². The number of hydrogen-bond donors (Lipinski definition) is 0. The molecule has 0 aromatic heterocycles. The van der Waals surface area contributed by atoms with Crippen molar-refractivity contribution in [2.45, 2.75) is 22.0 Å². The van der Waals surface area contributed by atoms with E-state index in [9.17, 15) is 25.3 Å². The molecule has 1 aliphatic rings. The van der Waals surface area contributed by atoms with Crippen LogP contribution >= 0.6 is 0 Å². The van der Waals surface area contributed by atoms with Gasteiger partial charge in [0.15, 0.2) is 9.84 Å². The first-order valence-electron chi connectivity index (χ1n) is 7.76. The second-order valence-corrected chi connectivity index (χ2v) is 11.2. The smallest absolute Gasteiger partial charge is 0.259 e. The van der Waals surface area contributed by atoms with Gasteiger partial charge in [-0.3, -0.25) is 8.37 Å². The van der Waals surface area contributed by atoms with E-state index < -0.39 is 53.8 Å². The van der Waals surface area contributed by atoms with Gasteiger partial charge < -0.3 is 0 Å². The van der Waals surface area contributed by atoms with Gasteiger partial charge in [-0.2, -0.15) is 16.8 Å². The van der Waals surface area contributed by atoms with Crippen molar-refractivity contribution in [2.75, 3.05) is 11.5 Å². The third-order valence-electron chi connectivity index (χ3n) is 3.82. The molecule has 1 aliphatic heterocycles. The first-order chi connectivity index (χ1) is 12.6. The molecule has 8 nitrogen and oxygen atoms in total. The third-order valence-corrected chi connectivity index (χ3v) is 8.19. The van der Waals surface area contributed by atoms with E-state index in [1.54, 1.807) is 12.1 Å². The highest BCUT2D eigenvalue weighted by molar-refractivity contribution is 7.92. The molecule has 1 heterocycles. The average Bonchev–Trinajstić information content (AvgIpc) is 2.88.